The van der Waals surface area contributed by atoms with Gasteiger partial charge < -0.3 is 14.7 Å². The molecule has 1 heterocycles. The quantitative estimate of drug-likeness (QED) is 0.432. The van der Waals surface area contributed by atoms with Crippen LogP contribution in [0, 0.1) is 12.7 Å². The van der Waals surface area contributed by atoms with Gasteiger partial charge in [0.1, 0.15) is 17.3 Å². The van der Waals surface area contributed by atoms with Crippen molar-refractivity contribution in [1.82, 2.24) is 4.90 Å². The molecule has 0 bridgehead atoms. The minimum atomic E-state index is -0.952. The van der Waals surface area contributed by atoms with Crippen molar-refractivity contribution in [3.63, 3.8) is 0 Å². The third kappa shape index (κ3) is 3.71. The molecule has 162 valence electrons. The van der Waals surface area contributed by atoms with Crippen molar-refractivity contribution in [3.8, 4) is 5.75 Å². The molecule has 1 atom stereocenters. The molecule has 0 radical (unpaired) electrons. The summed E-state index contributed by atoms with van der Waals surface area (Å²) in [5.41, 5.74) is 1.32. The first-order valence-corrected chi connectivity index (χ1v) is 10.6. The number of hydrogen-bond acceptors (Lipinski definition) is 4. The average Bonchev–Trinajstić information content (AvgIpc) is 3.04. The molecule has 1 amide bonds. The van der Waals surface area contributed by atoms with Gasteiger partial charge in [0.2, 0.25) is 0 Å². The first kappa shape index (κ1) is 21.1. The van der Waals surface area contributed by atoms with Gasteiger partial charge in [-0.25, -0.2) is 4.39 Å². The summed E-state index contributed by atoms with van der Waals surface area (Å²) in [6.45, 7) is 1.82. The summed E-state index contributed by atoms with van der Waals surface area (Å²) in [6.07, 6.45) is 4.51. The minimum Gasteiger partial charge on any atom is -0.507 e. The fraction of sp³-hybridized carbons (Fsp3) is 0.360. The van der Waals surface area contributed by atoms with Crippen LogP contribution in [0.2, 0.25) is 0 Å². The Morgan fingerprint density at radius 3 is 2.45 bits per heavy atom. The highest BCUT2D eigenvalue weighted by atomic mass is 19.1. The van der Waals surface area contributed by atoms with E-state index in [-0.39, 0.29) is 22.9 Å². The highest BCUT2D eigenvalue weighted by molar-refractivity contribution is 6.46. The lowest BCUT2D eigenvalue weighted by Gasteiger charge is -2.35. The van der Waals surface area contributed by atoms with Gasteiger partial charge in [-0.05, 0) is 49.6 Å². The van der Waals surface area contributed by atoms with E-state index in [1.165, 1.54) is 11.0 Å². The molecule has 2 aromatic carbocycles. The minimum absolute atomic E-state index is 0.0646. The molecule has 1 saturated heterocycles. The van der Waals surface area contributed by atoms with Gasteiger partial charge in [0.15, 0.2) is 0 Å². The number of hydrogen-bond donors (Lipinski definition) is 1. The first-order chi connectivity index (χ1) is 14.9. The lowest BCUT2D eigenvalue weighted by Crippen LogP contribution is -2.40. The molecule has 0 aromatic heterocycles. The second kappa shape index (κ2) is 8.53. The number of methoxy groups -OCH3 is 1. The standard InChI is InChI=1S/C25H26FNO4/c1-15-14-16(12-13-20(15)31-2)23(28)21-22(18-10-6-7-11-19(18)26)27(25(30)24(21)29)17-8-4-3-5-9-17/h6-7,10-14,17,22,28H,3-5,8-9H2,1-2H3/b23-21+. The summed E-state index contributed by atoms with van der Waals surface area (Å²) < 4.78 is 20.1. The number of nitrogens with zero attached hydrogens (tertiary/aromatic N) is 1. The number of rotatable bonds is 4. The van der Waals surface area contributed by atoms with E-state index in [1.54, 1.807) is 43.5 Å². The van der Waals surface area contributed by atoms with Crippen molar-refractivity contribution < 1.29 is 23.8 Å². The number of halogens is 1. The topological polar surface area (TPSA) is 66.8 Å². The summed E-state index contributed by atoms with van der Waals surface area (Å²) in [4.78, 5) is 27.7. The molecule has 0 spiro atoms. The van der Waals surface area contributed by atoms with E-state index in [1.807, 2.05) is 6.92 Å². The van der Waals surface area contributed by atoms with Crippen LogP contribution in [-0.4, -0.2) is 34.8 Å². The number of aryl methyl sites for hydroxylation is 1. The number of benzene rings is 2. The van der Waals surface area contributed by atoms with E-state index in [0.717, 1.165) is 37.7 Å². The zero-order chi connectivity index (χ0) is 22.1. The Morgan fingerprint density at radius 1 is 1.10 bits per heavy atom. The molecule has 5 nitrogen and oxygen atoms in total. The van der Waals surface area contributed by atoms with Crippen LogP contribution < -0.4 is 4.74 Å². The Bertz CT molecular complexity index is 1060. The molecule has 1 aliphatic carbocycles. The number of ether oxygens (including phenoxy) is 1. The van der Waals surface area contributed by atoms with E-state index in [2.05, 4.69) is 0 Å². The Balaban J connectivity index is 1.89. The van der Waals surface area contributed by atoms with E-state index < -0.39 is 23.5 Å². The molecule has 1 aliphatic heterocycles. The maximum atomic E-state index is 14.9. The van der Waals surface area contributed by atoms with Gasteiger partial charge >= 0.3 is 0 Å². The van der Waals surface area contributed by atoms with Crippen molar-refractivity contribution in [2.75, 3.05) is 7.11 Å². The smallest absolute Gasteiger partial charge is 0.295 e. The van der Waals surface area contributed by atoms with Crippen LogP contribution in [0.4, 0.5) is 4.39 Å². The maximum absolute atomic E-state index is 14.9. The number of aliphatic hydroxyl groups excluding tert-OH is 1. The maximum Gasteiger partial charge on any atom is 0.295 e. The Hall–Kier alpha value is -3.15. The number of aliphatic hydroxyl groups is 1. The Labute approximate surface area is 181 Å². The third-order valence-corrected chi connectivity index (χ3v) is 6.32. The van der Waals surface area contributed by atoms with Crippen LogP contribution in [-0.2, 0) is 9.59 Å². The van der Waals surface area contributed by atoms with Gasteiger partial charge in [-0.15, -0.1) is 0 Å². The van der Waals surface area contributed by atoms with Gasteiger partial charge in [-0.2, -0.15) is 0 Å². The summed E-state index contributed by atoms with van der Waals surface area (Å²) in [7, 11) is 1.55. The highest BCUT2D eigenvalue weighted by Gasteiger charge is 2.49. The molecule has 2 aromatic rings. The molecule has 31 heavy (non-hydrogen) atoms. The van der Waals surface area contributed by atoms with Crippen molar-refractivity contribution in [1.29, 1.82) is 0 Å². The lowest BCUT2D eigenvalue weighted by atomic mass is 9.90. The number of carbonyl (C=O) groups is 2. The van der Waals surface area contributed by atoms with E-state index in [0.29, 0.717) is 11.3 Å². The molecule has 1 unspecified atom stereocenters. The largest absolute Gasteiger partial charge is 0.507 e. The molecule has 6 heteroatoms. The van der Waals surface area contributed by atoms with Crippen molar-refractivity contribution in [2.24, 2.45) is 0 Å². The SMILES string of the molecule is COc1ccc(/C(O)=C2\C(=O)C(=O)N(C3CCCCC3)C2c2ccccc2F)cc1C. The van der Waals surface area contributed by atoms with E-state index in [9.17, 15) is 19.1 Å². The number of likely N-dealkylation sites (tertiary alicyclic amines) is 1. The zero-order valence-electron chi connectivity index (χ0n) is 17.7. The number of carbonyl (C=O) groups excluding carboxylic acids is 2. The summed E-state index contributed by atoms with van der Waals surface area (Å²) in [5, 5.41) is 11.2. The number of Topliss-reactive ketones (excluding diaryl/α,β-unsaturated/α-hetero) is 1. The van der Waals surface area contributed by atoms with Crippen LogP contribution in [0.3, 0.4) is 0 Å². The van der Waals surface area contributed by atoms with Crippen LogP contribution in [0.25, 0.3) is 5.76 Å². The molecule has 4 rings (SSSR count). The number of ketones is 1. The normalized spacial score (nSPS) is 21.5. The van der Waals surface area contributed by atoms with Crippen LogP contribution in [0.5, 0.6) is 5.75 Å². The fourth-order valence-corrected chi connectivity index (χ4v) is 4.77. The molecule has 1 N–H and O–H groups in total. The second-order valence-corrected chi connectivity index (χ2v) is 8.20. The summed E-state index contributed by atoms with van der Waals surface area (Å²) >= 11 is 0. The van der Waals surface area contributed by atoms with Crippen molar-refractivity contribution in [2.45, 2.75) is 51.1 Å². The van der Waals surface area contributed by atoms with Crippen LogP contribution >= 0.6 is 0 Å². The third-order valence-electron chi connectivity index (χ3n) is 6.32. The fourth-order valence-electron chi connectivity index (χ4n) is 4.77. The van der Waals surface area contributed by atoms with Gasteiger partial charge in [-0.1, -0.05) is 37.5 Å². The van der Waals surface area contributed by atoms with Crippen LogP contribution in [0.1, 0.15) is 54.8 Å². The van der Waals surface area contributed by atoms with Gasteiger partial charge in [-0.3, -0.25) is 9.59 Å². The monoisotopic (exact) mass is 423 g/mol. The predicted molar refractivity (Wildman–Crippen MR) is 115 cm³/mol. The molecule has 1 saturated carbocycles. The predicted octanol–water partition coefficient (Wildman–Crippen LogP) is 4.90. The lowest BCUT2D eigenvalue weighted by molar-refractivity contribution is -0.141. The van der Waals surface area contributed by atoms with E-state index in [4.69, 9.17) is 4.74 Å². The van der Waals surface area contributed by atoms with Crippen molar-refractivity contribution >= 4 is 17.4 Å². The summed E-state index contributed by atoms with van der Waals surface area (Å²) in [5.74, 6) is -1.61. The van der Waals surface area contributed by atoms with E-state index >= 15 is 0 Å². The molecular formula is C25H26FNO4. The van der Waals surface area contributed by atoms with Crippen molar-refractivity contribution in [3.05, 3.63) is 70.5 Å². The zero-order valence-corrected chi connectivity index (χ0v) is 17.7. The molecule has 2 aliphatic rings. The Kier molecular flexibility index (Phi) is 5.81. The summed E-state index contributed by atoms with van der Waals surface area (Å²) in [6, 6.07) is 10.1. The first-order valence-electron chi connectivity index (χ1n) is 10.6. The Morgan fingerprint density at radius 2 is 1.81 bits per heavy atom. The molecular weight excluding hydrogens is 397 g/mol. The number of amides is 1. The van der Waals surface area contributed by atoms with Gasteiger partial charge in [0.25, 0.3) is 11.7 Å². The van der Waals surface area contributed by atoms with Crippen LogP contribution in [0.15, 0.2) is 48.0 Å². The van der Waals surface area contributed by atoms with Gasteiger partial charge in [0.05, 0.1) is 18.7 Å². The highest BCUT2D eigenvalue weighted by Crippen LogP contribution is 2.43. The second-order valence-electron chi connectivity index (χ2n) is 8.20. The van der Waals surface area contributed by atoms with Gasteiger partial charge in [0, 0.05) is 17.2 Å². The molecule has 2 fully saturated rings. The average molecular weight is 423 g/mol.